The highest BCUT2D eigenvalue weighted by Crippen LogP contribution is 2.38. The van der Waals surface area contributed by atoms with Crippen molar-refractivity contribution in [3.05, 3.63) is 57.6 Å². The highest BCUT2D eigenvalue weighted by atomic mass is 32.1. The first-order chi connectivity index (χ1) is 12.1. The van der Waals surface area contributed by atoms with Gasteiger partial charge in [-0.1, -0.05) is 11.2 Å². The van der Waals surface area contributed by atoms with Gasteiger partial charge in [-0.3, -0.25) is 4.79 Å². The van der Waals surface area contributed by atoms with Gasteiger partial charge in [0.2, 0.25) is 5.95 Å². The van der Waals surface area contributed by atoms with Crippen LogP contribution in [0.25, 0.3) is 0 Å². The van der Waals surface area contributed by atoms with Crippen LogP contribution in [0, 0.1) is 6.92 Å². The molecule has 4 rings (SSSR count). The second kappa shape index (κ2) is 6.10. The van der Waals surface area contributed by atoms with Crippen molar-refractivity contribution in [2.75, 3.05) is 10.6 Å². The zero-order valence-corrected chi connectivity index (χ0v) is 14.4. The number of amides is 1. The van der Waals surface area contributed by atoms with Crippen LogP contribution in [0.2, 0.25) is 0 Å². The number of pyridine rings is 1. The number of allylic oxidation sites excluding steroid dienone is 1. The minimum Gasteiger partial charge on any atom is -0.326 e. The molecule has 9 heteroatoms. The van der Waals surface area contributed by atoms with E-state index in [4.69, 9.17) is 0 Å². The number of fused-ring (bicyclic) bond motifs is 1. The van der Waals surface area contributed by atoms with Gasteiger partial charge in [-0.25, -0.2) is 4.98 Å². The van der Waals surface area contributed by atoms with Crippen LogP contribution in [-0.2, 0) is 4.79 Å². The maximum Gasteiger partial charge on any atom is 0.257 e. The summed E-state index contributed by atoms with van der Waals surface area (Å²) >= 11 is 1.58. The molecule has 1 aliphatic rings. The van der Waals surface area contributed by atoms with Crippen LogP contribution in [-0.4, -0.2) is 31.1 Å². The normalized spacial score (nSPS) is 16.3. The summed E-state index contributed by atoms with van der Waals surface area (Å²) in [7, 11) is 0. The van der Waals surface area contributed by atoms with Crippen molar-refractivity contribution < 1.29 is 4.79 Å². The number of rotatable bonds is 3. The Morgan fingerprint density at radius 2 is 2.20 bits per heavy atom. The number of nitrogens with one attached hydrogen (secondary N) is 2. The molecule has 1 aliphatic heterocycles. The minimum atomic E-state index is -0.380. The minimum absolute atomic E-state index is 0.234. The van der Waals surface area contributed by atoms with Gasteiger partial charge in [0.15, 0.2) is 0 Å². The zero-order chi connectivity index (χ0) is 17.4. The fraction of sp³-hybridized carbons (Fsp3) is 0.188. The summed E-state index contributed by atoms with van der Waals surface area (Å²) < 4.78 is 1.64. The lowest BCUT2D eigenvalue weighted by atomic mass is 9.99. The van der Waals surface area contributed by atoms with E-state index in [1.54, 1.807) is 34.3 Å². The summed E-state index contributed by atoms with van der Waals surface area (Å²) in [5.41, 5.74) is 2.37. The molecule has 0 radical (unpaired) electrons. The number of carbonyl (C=O) groups excluding carboxylic acids is 1. The van der Waals surface area contributed by atoms with E-state index in [9.17, 15) is 4.79 Å². The van der Waals surface area contributed by atoms with Crippen LogP contribution in [0.1, 0.15) is 23.4 Å². The molecule has 0 aromatic carbocycles. The van der Waals surface area contributed by atoms with Gasteiger partial charge in [0, 0.05) is 16.8 Å². The molecular formula is C16H15N7OS. The number of aryl methyl sites for hydroxylation is 1. The number of anilines is 2. The van der Waals surface area contributed by atoms with Gasteiger partial charge >= 0.3 is 0 Å². The van der Waals surface area contributed by atoms with Gasteiger partial charge in [0.25, 0.3) is 5.91 Å². The Balaban J connectivity index is 1.78. The molecule has 2 N–H and O–H groups in total. The Hall–Kier alpha value is -3.07. The number of aromatic nitrogens is 5. The first-order valence-electron chi connectivity index (χ1n) is 7.67. The van der Waals surface area contributed by atoms with E-state index >= 15 is 0 Å². The molecule has 0 aliphatic carbocycles. The third kappa shape index (κ3) is 2.68. The average Bonchev–Trinajstić information content (AvgIpc) is 3.23. The van der Waals surface area contributed by atoms with E-state index in [0.717, 1.165) is 10.4 Å². The fourth-order valence-corrected chi connectivity index (χ4v) is 3.85. The fourth-order valence-electron chi connectivity index (χ4n) is 2.83. The number of thiophene rings is 1. The summed E-state index contributed by atoms with van der Waals surface area (Å²) in [5, 5.41) is 19.8. The Morgan fingerprint density at radius 3 is 2.92 bits per heavy atom. The molecule has 3 aromatic heterocycles. The maximum atomic E-state index is 13.0. The number of nitrogens with zero attached hydrogens (tertiary/aromatic N) is 5. The summed E-state index contributed by atoms with van der Waals surface area (Å²) in [6.45, 7) is 3.86. The van der Waals surface area contributed by atoms with Crippen molar-refractivity contribution in [3.8, 4) is 0 Å². The Labute approximate surface area is 147 Å². The molecular weight excluding hydrogens is 338 g/mol. The van der Waals surface area contributed by atoms with Crippen molar-refractivity contribution >= 4 is 29.0 Å². The number of carbonyl (C=O) groups is 1. The SMILES string of the molecule is CC1=C(C(=O)Nc2ccccn2)C(c2sccc2C)n2nnnc2N1. The summed E-state index contributed by atoms with van der Waals surface area (Å²) in [5.74, 6) is 0.782. The highest BCUT2D eigenvalue weighted by molar-refractivity contribution is 7.10. The second-order valence-electron chi connectivity index (χ2n) is 5.65. The van der Waals surface area contributed by atoms with E-state index in [2.05, 4.69) is 31.1 Å². The third-order valence-electron chi connectivity index (χ3n) is 4.02. The quantitative estimate of drug-likeness (QED) is 0.750. The molecule has 4 heterocycles. The molecule has 1 unspecified atom stereocenters. The molecule has 1 atom stereocenters. The molecule has 3 aromatic rings. The topological polar surface area (TPSA) is 97.6 Å². The third-order valence-corrected chi connectivity index (χ3v) is 5.09. The predicted octanol–water partition coefficient (Wildman–Crippen LogP) is 2.37. The van der Waals surface area contributed by atoms with E-state index in [1.807, 2.05) is 31.4 Å². The lowest BCUT2D eigenvalue weighted by Gasteiger charge is -2.27. The predicted molar refractivity (Wildman–Crippen MR) is 94.2 cm³/mol. The molecule has 0 saturated heterocycles. The Kier molecular flexibility index (Phi) is 3.77. The lowest BCUT2D eigenvalue weighted by molar-refractivity contribution is -0.113. The van der Waals surface area contributed by atoms with Crippen molar-refractivity contribution in [2.45, 2.75) is 19.9 Å². The van der Waals surface area contributed by atoms with Crippen LogP contribution in [0.4, 0.5) is 11.8 Å². The molecule has 8 nitrogen and oxygen atoms in total. The molecule has 0 bridgehead atoms. The number of hydrogen-bond acceptors (Lipinski definition) is 7. The largest absolute Gasteiger partial charge is 0.326 e. The zero-order valence-electron chi connectivity index (χ0n) is 13.6. The number of tetrazole rings is 1. The summed E-state index contributed by atoms with van der Waals surface area (Å²) in [6, 6.07) is 7.01. The molecule has 0 spiro atoms. The standard InChI is InChI=1S/C16H15N7OS/c1-9-6-8-25-14(9)13-12(10(2)18-16-20-21-22-23(13)16)15(24)19-11-5-3-4-7-17-11/h3-8,13H,1-2H3,(H,17,19,24)(H,18,20,22). The van der Waals surface area contributed by atoms with Crippen LogP contribution in [0.5, 0.6) is 0 Å². The molecule has 0 saturated carbocycles. The van der Waals surface area contributed by atoms with Gasteiger partial charge in [0.1, 0.15) is 11.9 Å². The summed E-state index contributed by atoms with van der Waals surface area (Å²) in [4.78, 5) is 18.2. The van der Waals surface area contributed by atoms with Gasteiger partial charge in [-0.2, -0.15) is 4.68 Å². The van der Waals surface area contributed by atoms with E-state index in [1.165, 1.54) is 0 Å². The van der Waals surface area contributed by atoms with E-state index < -0.39 is 0 Å². The van der Waals surface area contributed by atoms with E-state index in [-0.39, 0.29) is 11.9 Å². The van der Waals surface area contributed by atoms with Gasteiger partial charge in [0.05, 0.1) is 5.57 Å². The molecule has 1 amide bonds. The molecule has 126 valence electrons. The molecule has 25 heavy (non-hydrogen) atoms. The van der Waals surface area contributed by atoms with Gasteiger partial charge < -0.3 is 10.6 Å². The lowest BCUT2D eigenvalue weighted by Crippen LogP contribution is -2.31. The van der Waals surface area contributed by atoms with Crippen LogP contribution in [0.3, 0.4) is 0 Å². The van der Waals surface area contributed by atoms with Crippen LogP contribution >= 0.6 is 11.3 Å². The monoisotopic (exact) mass is 353 g/mol. The Morgan fingerprint density at radius 1 is 1.32 bits per heavy atom. The van der Waals surface area contributed by atoms with Gasteiger partial charge in [-0.05, 0) is 53.4 Å². The maximum absolute atomic E-state index is 13.0. The van der Waals surface area contributed by atoms with E-state index in [0.29, 0.717) is 23.0 Å². The summed E-state index contributed by atoms with van der Waals surface area (Å²) in [6.07, 6.45) is 1.64. The van der Waals surface area contributed by atoms with Crippen molar-refractivity contribution in [1.29, 1.82) is 0 Å². The smallest absolute Gasteiger partial charge is 0.257 e. The first-order valence-corrected chi connectivity index (χ1v) is 8.55. The first kappa shape index (κ1) is 15.5. The van der Waals surface area contributed by atoms with Crippen molar-refractivity contribution in [2.24, 2.45) is 0 Å². The van der Waals surface area contributed by atoms with Crippen LogP contribution < -0.4 is 10.6 Å². The number of hydrogen-bond donors (Lipinski definition) is 2. The highest BCUT2D eigenvalue weighted by Gasteiger charge is 2.35. The second-order valence-corrected chi connectivity index (χ2v) is 6.60. The van der Waals surface area contributed by atoms with Crippen molar-refractivity contribution in [3.63, 3.8) is 0 Å². The Bertz CT molecular complexity index is 960. The van der Waals surface area contributed by atoms with Crippen LogP contribution in [0.15, 0.2) is 47.1 Å². The average molecular weight is 353 g/mol. The van der Waals surface area contributed by atoms with Crippen molar-refractivity contribution in [1.82, 2.24) is 25.2 Å². The molecule has 0 fully saturated rings. The van der Waals surface area contributed by atoms with Gasteiger partial charge in [-0.15, -0.1) is 11.3 Å².